The largest absolute Gasteiger partial charge is 0.393 e. The van der Waals surface area contributed by atoms with Crippen molar-refractivity contribution in [1.82, 2.24) is 0 Å². The fourth-order valence-corrected chi connectivity index (χ4v) is 8.78. The first-order chi connectivity index (χ1) is 13.8. The first-order valence-corrected chi connectivity index (χ1v) is 11.9. The molecule has 3 fully saturated rings. The highest BCUT2D eigenvalue weighted by Crippen LogP contribution is 2.74. The van der Waals surface area contributed by atoms with Gasteiger partial charge in [-0.2, -0.15) is 0 Å². The minimum absolute atomic E-state index is 0.0325. The minimum Gasteiger partial charge on any atom is -0.393 e. The van der Waals surface area contributed by atoms with E-state index < -0.39 is 24.4 Å². The SMILES string of the molecule is C[C@H]1C[C@@H](O)C23C1=C[C@@]1(C)CC[C@](C)(C[C@H](O)[C@H](O)[C@@](C)(O)CO)[C@H]1[C@@H]2CC[C@@H]3C. The summed E-state index contributed by atoms with van der Waals surface area (Å²) in [6.07, 6.45) is 5.16. The van der Waals surface area contributed by atoms with Crippen LogP contribution in [0.25, 0.3) is 0 Å². The lowest BCUT2D eigenvalue weighted by atomic mass is 9.49. The molecule has 5 N–H and O–H groups in total. The molecule has 0 bridgehead atoms. The van der Waals surface area contributed by atoms with Gasteiger partial charge < -0.3 is 25.5 Å². The number of aliphatic hydroxyl groups excluding tert-OH is 4. The van der Waals surface area contributed by atoms with E-state index in [1.54, 1.807) is 0 Å². The lowest BCUT2D eigenvalue weighted by Gasteiger charge is -2.55. The van der Waals surface area contributed by atoms with Crippen LogP contribution in [0.5, 0.6) is 0 Å². The maximum atomic E-state index is 11.3. The predicted molar refractivity (Wildman–Crippen MR) is 115 cm³/mol. The molecule has 11 atom stereocenters. The Bertz CT molecular complexity index is 718. The van der Waals surface area contributed by atoms with Crippen molar-refractivity contribution in [1.29, 1.82) is 0 Å². The molecule has 0 amide bonds. The molecule has 0 aromatic carbocycles. The molecular formula is C25H42O5. The Morgan fingerprint density at radius 1 is 1.17 bits per heavy atom. The van der Waals surface area contributed by atoms with Crippen LogP contribution >= 0.6 is 0 Å². The van der Waals surface area contributed by atoms with E-state index in [1.807, 2.05) is 0 Å². The highest BCUT2D eigenvalue weighted by atomic mass is 16.4. The molecule has 0 aromatic rings. The van der Waals surface area contributed by atoms with Gasteiger partial charge in [0.1, 0.15) is 11.7 Å². The fraction of sp³-hybridized carbons (Fsp3) is 0.920. The first-order valence-electron chi connectivity index (χ1n) is 11.9. The van der Waals surface area contributed by atoms with Gasteiger partial charge in [0.15, 0.2) is 0 Å². The van der Waals surface area contributed by atoms with Crippen LogP contribution in [0.1, 0.15) is 73.1 Å². The van der Waals surface area contributed by atoms with Gasteiger partial charge in [0.05, 0.1) is 18.8 Å². The molecule has 0 aliphatic heterocycles. The Labute approximate surface area is 181 Å². The topological polar surface area (TPSA) is 101 Å². The van der Waals surface area contributed by atoms with Gasteiger partial charge in [-0.1, -0.05) is 39.3 Å². The summed E-state index contributed by atoms with van der Waals surface area (Å²) in [4.78, 5) is 0. The molecule has 4 aliphatic carbocycles. The van der Waals surface area contributed by atoms with Gasteiger partial charge in [0, 0.05) is 5.41 Å². The molecule has 5 heteroatoms. The quantitative estimate of drug-likeness (QED) is 0.439. The van der Waals surface area contributed by atoms with Gasteiger partial charge in [-0.3, -0.25) is 0 Å². The predicted octanol–water partition coefficient (Wildman–Crippen LogP) is 2.64. The highest BCUT2D eigenvalue weighted by molar-refractivity contribution is 5.38. The summed E-state index contributed by atoms with van der Waals surface area (Å²) in [6.45, 7) is 9.92. The number of fused-ring (bicyclic) bond motifs is 2. The van der Waals surface area contributed by atoms with Crippen molar-refractivity contribution in [3.05, 3.63) is 11.6 Å². The average molecular weight is 423 g/mol. The summed E-state index contributed by atoms with van der Waals surface area (Å²) in [5, 5.41) is 52.4. The lowest BCUT2D eigenvalue weighted by Crippen LogP contribution is -2.54. The highest BCUT2D eigenvalue weighted by Gasteiger charge is 2.69. The third kappa shape index (κ3) is 2.85. The van der Waals surface area contributed by atoms with Crippen LogP contribution in [-0.2, 0) is 0 Å². The van der Waals surface area contributed by atoms with Crippen LogP contribution in [0, 0.1) is 39.9 Å². The van der Waals surface area contributed by atoms with Gasteiger partial charge in [0.2, 0.25) is 0 Å². The Balaban J connectivity index is 1.72. The van der Waals surface area contributed by atoms with Crippen molar-refractivity contribution in [2.45, 2.75) is 97.1 Å². The van der Waals surface area contributed by atoms with Crippen LogP contribution in [0.2, 0.25) is 0 Å². The van der Waals surface area contributed by atoms with Gasteiger partial charge in [-0.05, 0) is 80.0 Å². The lowest BCUT2D eigenvalue weighted by molar-refractivity contribution is -0.148. The zero-order chi connectivity index (χ0) is 22.3. The van der Waals surface area contributed by atoms with E-state index in [2.05, 4.69) is 33.8 Å². The molecule has 4 aliphatic rings. The standard InChI is InChI=1S/C25H42O5/c1-14-10-19(28)25-15(2)6-7-16(25)20-22(3,11-17(14)25)8-9-23(20,4)12-18(27)21(29)24(5,30)13-26/h11,14-16,18-21,26-30H,6-10,12-13H2,1-5H3/t14-,15-,16-,18-,19+,20-,21-,22+,23+,24-,25?/m0/s1. The van der Waals surface area contributed by atoms with Crippen molar-refractivity contribution in [2.75, 3.05) is 6.61 Å². The van der Waals surface area contributed by atoms with Crippen molar-refractivity contribution < 1.29 is 25.5 Å². The van der Waals surface area contributed by atoms with Gasteiger partial charge in [-0.25, -0.2) is 0 Å². The van der Waals surface area contributed by atoms with Gasteiger partial charge in [-0.15, -0.1) is 0 Å². The van der Waals surface area contributed by atoms with Crippen molar-refractivity contribution in [3.63, 3.8) is 0 Å². The van der Waals surface area contributed by atoms with E-state index in [0.29, 0.717) is 30.1 Å². The second-order valence-electron chi connectivity index (χ2n) is 12.1. The molecular weight excluding hydrogens is 380 g/mol. The summed E-state index contributed by atoms with van der Waals surface area (Å²) >= 11 is 0. The average Bonchev–Trinajstić information content (AvgIpc) is 3.23. The Morgan fingerprint density at radius 3 is 2.47 bits per heavy atom. The number of hydrogen-bond donors (Lipinski definition) is 5. The Hall–Kier alpha value is -0.460. The summed E-state index contributed by atoms with van der Waals surface area (Å²) in [7, 11) is 0. The summed E-state index contributed by atoms with van der Waals surface area (Å²) in [6, 6.07) is 0. The Morgan fingerprint density at radius 2 is 1.83 bits per heavy atom. The molecule has 4 rings (SSSR count). The number of aliphatic hydroxyl groups is 5. The van der Waals surface area contributed by atoms with Gasteiger partial charge in [0.25, 0.3) is 0 Å². The summed E-state index contributed by atoms with van der Waals surface area (Å²) < 4.78 is 0. The summed E-state index contributed by atoms with van der Waals surface area (Å²) in [5.41, 5.74) is -0.551. The molecule has 1 unspecified atom stereocenters. The molecule has 30 heavy (non-hydrogen) atoms. The normalized spacial score (nSPS) is 51.5. The summed E-state index contributed by atoms with van der Waals surface area (Å²) in [5.74, 6) is 1.57. The van der Waals surface area contributed by atoms with E-state index in [4.69, 9.17) is 0 Å². The second kappa shape index (κ2) is 7.02. The van der Waals surface area contributed by atoms with E-state index in [0.717, 1.165) is 32.1 Å². The van der Waals surface area contributed by atoms with Crippen LogP contribution in [0.4, 0.5) is 0 Å². The molecule has 0 heterocycles. The zero-order valence-electron chi connectivity index (χ0n) is 19.3. The minimum atomic E-state index is -1.72. The molecule has 0 aromatic heterocycles. The molecule has 0 saturated heterocycles. The van der Waals surface area contributed by atoms with E-state index in [9.17, 15) is 25.5 Å². The third-order valence-electron chi connectivity index (χ3n) is 10.1. The fourth-order valence-electron chi connectivity index (χ4n) is 8.78. The maximum Gasteiger partial charge on any atom is 0.113 e. The number of rotatable bonds is 5. The van der Waals surface area contributed by atoms with Crippen molar-refractivity contribution in [2.24, 2.45) is 39.9 Å². The van der Waals surface area contributed by atoms with Crippen molar-refractivity contribution >= 4 is 0 Å². The van der Waals surface area contributed by atoms with E-state index in [1.165, 1.54) is 12.5 Å². The number of allylic oxidation sites excluding steroid dienone is 1. The molecule has 3 saturated carbocycles. The van der Waals surface area contributed by atoms with Gasteiger partial charge >= 0.3 is 0 Å². The monoisotopic (exact) mass is 422 g/mol. The van der Waals surface area contributed by atoms with Crippen LogP contribution < -0.4 is 0 Å². The maximum absolute atomic E-state index is 11.3. The zero-order valence-corrected chi connectivity index (χ0v) is 19.3. The third-order valence-corrected chi connectivity index (χ3v) is 10.1. The molecule has 5 nitrogen and oxygen atoms in total. The second-order valence-corrected chi connectivity index (χ2v) is 12.1. The molecule has 172 valence electrons. The molecule has 0 radical (unpaired) electrons. The van der Waals surface area contributed by atoms with E-state index >= 15 is 0 Å². The van der Waals surface area contributed by atoms with E-state index in [-0.39, 0.29) is 22.3 Å². The smallest absolute Gasteiger partial charge is 0.113 e. The number of hydrogen-bond acceptors (Lipinski definition) is 5. The molecule has 1 spiro atoms. The van der Waals surface area contributed by atoms with Crippen molar-refractivity contribution in [3.8, 4) is 0 Å². The van der Waals surface area contributed by atoms with Crippen LogP contribution in [-0.4, -0.2) is 56.1 Å². The van der Waals surface area contributed by atoms with Crippen LogP contribution in [0.3, 0.4) is 0 Å². The van der Waals surface area contributed by atoms with Crippen LogP contribution in [0.15, 0.2) is 11.6 Å². The first kappa shape index (κ1) is 22.7. The Kier molecular flexibility index (Phi) is 5.32.